The third kappa shape index (κ3) is 4.23. The van der Waals surface area contributed by atoms with E-state index in [1.165, 1.54) is 12.1 Å². The van der Waals surface area contributed by atoms with Crippen LogP contribution in [0.4, 0.5) is 11.4 Å². The summed E-state index contributed by atoms with van der Waals surface area (Å²) in [6, 6.07) is 18.2. The lowest BCUT2D eigenvalue weighted by atomic mass is 10.1. The molecule has 0 aromatic heterocycles. The molecule has 0 bridgehead atoms. The first-order valence-corrected chi connectivity index (χ1v) is 10.8. The topological polar surface area (TPSA) is 93.7 Å². The van der Waals surface area contributed by atoms with Gasteiger partial charge in [-0.2, -0.15) is 0 Å². The van der Waals surface area contributed by atoms with E-state index in [4.69, 9.17) is 9.47 Å². The zero-order chi connectivity index (χ0) is 21.1. The Morgan fingerprint density at radius 3 is 2.47 bits per heavy atom. The molecule has 3 aromatic rings. The van der Waals surface area contributed by atoms with Gasteiger partial charge < -0.3 is 14.8 Å². The number of fused-ring (bicyclic) bond motifs is 1. The number of carbonyl (C=O) groups is 1. The molecule has 8 heteroatoms. The zero-order valence-corrected chi connectivity index (χ0v) is 17.0. The van der Waals surface area contributed by atoms with Crippen LogP contribution in [0.15, 0.2) is 71.6 Å². The van der Waals surface area contributed by atoms with Crippen molar-refractivity contribution in [3.8, 4) is 11.5 Å². The summed E-state index contributed by atoms with van der Waals surface area (Å²) < 4.78 is 39.3. The number of para-hydroxylation sites is 1. The minimum absolute atomic E-state index is 0.0145. The molecule has 2 N–H and O–H groups in total. The third-order valence-electron chi connectivity index (χ3n) is 4.52. The number of benzene rings is 3. The standard InChI is InChI=1S/C22H20N2O5S/c1-15-5-4-6-16(13-15)23-22(25)18-7-2-3-8-19(18)24-30(26,27)17-9-10-20-21(14-17)29-12-11-28-20/h2-10,13-14,24H,11-12H2,1H3,(H,23,25). The number of aryl methyl sites for hydroxylation is 1. The third-order valence-corrected chi connectivity index (χ3v) is 5.88. The molecular weight excluding hydrogens is 404 g/mol. The van der Waals surface area contributed by atoms with Gasteiger partial charge in [0.05, 0.1) is 16.1 Å². The van der Waals surface area contributed by atoms with E-state index in [-0.39, 0.29) is 16.1 Å². The molecule has 0 atom stereocenters. The maximum atomic E-state index is 12.9. The highest BCUT2D eigenvalue weighted by Gasteiger charge is 2.22. The van der Waals surface area contributed by atoms with Crippen molar-refractivity contribution in [2.75, 3.05) is 23.3 Å². The molecule has 1 aliphatic heterocycles. The first kappa shape index (κ1) is 19.8. The summed E-state index contributed by atoms with van der Waals surface area (Å²) in [5.74, 6) is 0.453. The van der Waals surface area contributed by atoms with Gasteiger partial charge in [0.25, 0.3) is 15.9 Å². The van der Waals surface area contributed by atoms with Crippen molar-refractivity contribution in [1.29, 1.82) is 0 Å². The van der Waals surface area contributed by atoms with Gasteiger partial charge in [-0.05, 0) is 48.9 Å². The average Bonchev–Trinajstić information content (AvgIpc) is 2.73. The summed E-state index contributed by atoms with van der Waals surface area (Å²) in [4.78, 5) is 12.8. The van der Waals surface area contributed by atoms with E-state index in [2.05, 4.69) is 10.0 Å². The fourth-order valence-electron chi connectivity index (χ4n) is 3.09. The van der Waals surface area contributed by atoms with E-state index in [0.29, 0.717) is 30.4 Å². The van der Waals surface area contributed by atoms with Gasteiger partial charge in [-0.1, -0.05) is 24.3 Å². The highest BCUT2D eigenvalue weighted by Crippen LogP contribution is 2.33. The Hall–Kier alpha value is -3.52. The Kier molecular flexibility index (Phi) is 5.33. The van der Waals surface area contributed by atoms with Crippen LogP contribution >= 0.6 is 0 Å². The second-order valence-electron chi connectivity index (χ2n) is 6.78. The molecule has 0 saturated heterocycles. The van der Waals surface area contributed by atoms with E-state index in [1.54, 1.807) is 36.4 Å². The minimum atomic E-state index is -3.95. The molecule has 154 valence electrons. The van der Waals surface area contributed by atoms with Gasteiger partial charge in [-0.3, -0.25) is 9.52 Å². The number of nitrogens with one attached hydrogen (secondary N) is 2. The van der Waals surface area contributed by atoms with E-state index < -0.39 is 15.9 Å². The van der Waals surface area contributed by atoms with Gasteiger partial charge in [0, 0.05) is 11.8 Å². The first-order valence-electron chi connectivity index (χ1n) is 9.32. The van der Waals surface area contributed by atoms with Crippen LogP contribution in [-0.4, -0.2) is 27.5 Å². The molecular formula is C22H20N2O5S. The van der Waals surface area contributed by atoms with Gasteiger partial charge in [0.2, 0.25) is 0 Å². The molecule has 0 aliphatic carbocycles. The predicted molar refractivity (Wildman–Crippen MR) is 114 cm³/mol. The van der Waals surface area contributed by atoms with Gasteiger partial charge in [0.1, 0.15) is 13.2 Å². The molecule has 30 heavy (non-hydrogen) atoms. The van der Waals surface area contributed by atoms with Gasteiger partial charge >= 0.3 is 0 Å². The van der Waals surface area contributed by atoms with Crippen molar-refractivity contribution in [3.63, 3.8) is 0 Å². The van der Waals surface area contributed by atoms with Crippen molar-refractivity contribution in [2.45, 2.75) is 11.8 Å². The van der Waals surface area contributed by atoms with E-state index in [0.717, 1.165) is 5.56 Å². The predicted octanol–water partition coefficient (Wildman–Crippen LogP) is 3.82. The molecule has 1 amide bonds. The van der Waals surface area contributed by atoms with Gasteiger partial charge in [-0.15, -0.1) is 0 Å². The molecule has 7 nitrogen and oxygen atoms in total. The van der Waals surface area contributed by atoms with Crippen LogP contribution in [0.3, 0.4) is 0 Å². The number of hydrogen-bond donors (Lipinski definition) is 2. The van der Waals surface area contributed by atoms with Crippen molar-refractivity contribution in [2.24, 2.45) is 0 Å². The summed E-state index contributed by atoms with van der Waals surface area (Å²) in [5.41, 5.74) is 2.02. The molecule has 1 heterocycles. The molecule has 4 rings (SSSR count). The molecule has 0 unspecified atom stereocenters. The Bertz CT molecular complexity index is 1210. The van der Waals surface area contributed by atoms with Crippen LogP contribution in [0.1, 0.15) is 15.9 Å². The normalized spacial score (nSPS) is 12.8. The SMILES string of the molecule is Cc1cccc(NC(=O)c2ccccc2NS(=O)(=O)c2ccc3c(c2)OCCO3)c1. The number of hydrogen-bond acceptors (Lipinski definition) is 5. The Morgan fingerprint density at radius 2 is 1.67 bits per heavy atom. The molecule has 0 spiro atoms. The monoisotopic (exact) mass is 424 g/mol. The molecule has 0 fully saturated rings. The van der Waals surface area contributed by atoms with E-state index in [1.807, 2.05) is 25.1 Å². The second-order valence-corrected chi connectivity index (χ2v) is 8.46. The van der Waals surface area contributed by atoms with Crippen LogP contribution in [0, 0.1) is 6.92 Å². The van der Waals surface area contributed by atoms with Crippen molar-refractivity contribution in [3.05, 3.63) is 77.9 Å². The highest BCUT2D eigenvalue weighted by atomic mass is 32.2. The number of carbonyl (C=O) groups excluding carboxylic acids is 1. The largest absolute Gasteiger partial charge is 0.486 e. The lowest BCUT2D eigenvalue weighted by molar-refractivity contribution is 0.102. The van der Waals surface area contributed by atoms with Crippen LogP contribution in [-0.2, 0) is 10.0 Å². The maximum Gasteiger partial charge on any atom is 0.262 e. The summed E-state index contributed by atoms with van der Waals surface area (Å²) in [7, 11) is -3.95. The number of anilines is 2. The van der Waals surface area contributed by atoms with E-state index in [9.17, 15) is 13.2 Å². The number of sulfonamides is 1. The lowest BCUT2D eigenvalue weighted by Crippen LogP contribution is -2.19. The Labute approximate surface area is 174 Å². The van der Waals surface area contributed by atoms with Gasteiger partial charge in [-0.25, -0.2) is 8.42 Å². The van der Waals surface area contributed by atoms with Crippen molar-refractivity contribution in [1.82, 2.24) is 0 Å². The lowest BCUT2D eigenvalue weighted by Gasteiger charge is -2.19. The quantitative estimate of drug-likeness (QED) is 0.649. The maximum absolute atomic E-state index is 12.9. The molecule has 1 aliphatic rings. The molecule has 3 aromatic carbocycles. The highest BCUT2D eigenvalue weighted by molar-refractivity contribution is 7.92. The smallest absolute Gasteiger partial charge is 0.262 e. The first-order chi connectivity index (χ1) is 14.4. The van der Waals surface area contributed by atoms with Crippen LogP contribution in [0.5, 0.6) is 11.5 Å². The Balaban J connectivity index is 1.60. The average molecular weight is 424 g/mol. The second kappa shape index (κ2) is 8.08. The fraction of sp³-hybridized carbons (Fsp3) is 0.136. The van der Waals surface area contributed by atoms with Gasteiger partial charge in [0.15, 0.2) is 11.5 Å². The van der Waals surface area contributed by atoms with E-state index >= 15 is 0 Å². The molecule has 0 radical (unpaired) electrons. The summed E-state index contributed by atoms with van der Waals surface area (Å²) in [6.45, 7) is 2.69. The minimum Gasteiger partial charge on any atom is -0.486 e. The summed E-state index contributed by atoms with van der Waals surface area (Å²) >= 11 is 0. The Morgan fingerprint density at radius 1 is 0.900 bits per heavy atom. The number of ether oxygens (including phenoxy) is 2. The van der Waals surface area contributed by atoms with Crippen molar-refractivity contribution < 1.29 is 22.7 Å². The zero-order valence-electron chi connectivity index (χ0n) is 16.2. The van der Waals surface area contributed by atoms with Crippen molar-refractivity contribution >= 4 is 27.3 Å². The summed E-state index contributed by atoms with van der Waals surface area (Å²) in [6.07, 6.45) is 0. The summed E-state index contributed by atoms with van der Waals surface area (Å²) in [5, 5.41) is 2.80. The van der Waals surface area contributed by atoms with Crippen LogP contribution < -0.4 is 19.5 Å². The molecule has 0 saturated carbocycles. The van der Waals surface area contributed by atoms with Crippen LogP contribution in [0.25, 0.3) is 0 Å². The number of rotatable bonds is 5. The number of amides is 1. The fourth-order valence-corrected chi connectivity index (χ4v) is 4.18. The van der Waals surface area contributed by atoms with Crippen LogP contribution in [0.2, 0.25) is 0 Å².